The molecule has 0 bridgehead atoms. The van der Waals surface area contributed by atoms with Crippen molar-refractivity contribution in [3.05, 3.63) is 90.4 Å². The van der Waals surface area contributed by atoms with Crippen LogP contribution >= 0.6 is 0 Å². The van der Waals surface area contributed by atoms with Gasteiger partial charge < -0.3 is 5.32 Å². The van der Waals surface area contributed by atoms with Crippen molar-refractivity contribution in [1.29, 1.82) is 0 Å². The van der Waals surface area contributed by atoms with Crippen LogP contribution < -0.4 is 5.32 Å². The minimum Gasteiger partial charge on any atom is -0.350 e. The van der Waals surface area contributed by atoms with Gasteiger partial charge in [-0.1, -0.05) is 42.5 Å². The fraction of sp³-hybridized carbons (Fsp3) is 0.0952. The highest BCUT2D eigenvalue weighted by Crippen LogP contribution is 2.12. The van der Waals surface area contributed by atoms with E-state index in [-0.39, 0.29) is 5.91 Å². The Balaban J connectivity index is 1.37. The number of nitrogens with one attached hydrogen (secondary N) is 1. The first-order chi connectivity index (χ1) is 12.8. The van der Waals surface area contributed by atoms with Crippen LogP contribution in [-0.4, -0.2) is 27.2 Å². The van der Waals surface area contributed by atoms with Crippen molar-refractivity contribution in [3.63, 3.8) is 0 Å². The molecule has 1 amide bonds. The number of carbonyl (C=O) groups excluding carboxylic acids is 1. The molecule has 128 valence electrons. The normalized spacial score (nSPS) is 10.8. The summed E-state index contributed by atoms with van der Waals surface area (Å²) in [7, 11) is 0. The smallest absolute Gasteiger partial charge is 0.269 e. The Hall–Kier alpha value is -3.47. The number of nitrogens with zero attached hydrogens (tertiary/aromatic N) is 3. The topological polar surface area (TPSA) is 59.8 Å². The molecule has 0 unspecified atom stereocenters. The molecular weight excluding hydrogens is 324 g/mol. The lowest BCUT2D eigenvalue weighted by molar-refractivity contribution is 0.0949. The summed E-state index contributed by atoms with van der Waals surface area (Å²) in [6.45, 7) is 0.536. The van der Waals surface area contributed by atoms with E-state index in [9.17, 15) is 4.79 Å². The van der Waals surface area contributed by atoms with E-state index in [2.05, 4.69) is 15.4 Å². The highest BCUT2D eigenvalue weighted by molar-refractivity contribution is 5.94. The van der Waals surface area contributed by atoms with Gasteiger partial charge in [0.05, 0.1) is 17.4 Å². The number of benzene rings is 2. The monoisotopic (exact) mass is 342 g/mol. The van der Waals surface area contributed by atoms with Gasteiger partial charge in [0.2, 0.25) is 0 Å². The van der Waals surface area contributed by atoms with Crippen molar-refractivity contribution in [1.82, 2.24) is 20.1 Å². The maximum atomic E-state index is 12.3. The van der Waals surface area contributed by atoms with Gasteiger partial charge in [-0.15, -0.1) is 0 Å². The molecule has 1 N–H and O–H groups in total. The molecule has 2 heterocycles. The average molecular weight is 342 g/mol. The Bertz CT molecular complexity index is 1040. The zero-order valence-electron chi connectivity index (χ0n) is 14.2. The molecule has 2 aromatic carbocycles. The largest absolute Gasteiger partial charge is 0.350 e. The Kier molecular flexibility index (Phi) is 4.43. The quantitative estimate of drug-likeness (QED) is 0.605. The number of aromatic nitrogens is 3. The minimum atomic E-state index is -0.161. The third kappa shape index (κ3) is 3.47. The van der Waals surface area contributed by atoms with Crippen molar-refractivity contribution in [2.24, 2.45) is 0 Å². The first kappa shape index (κ1) is 16.0. The number of pyridine rings is 1. The summed E-state index contributed by atoms with van der Waals surface area (Å²) < 4.78 is 1.84. The van der Waals surface area contributed by atoms with Crippen molar-refractivity contribution in [3.8, 4) is 5.69 Å². The second-order valence-electron chi connectivity index (χ2n) is 6.02. The molecule has 4 rings (SSSR count). The second kappa shape index (κ2) is 7.19. The summed E-state index contributed by atoms with van der Waals surface area (Å²) in [5.74, 6) is -0.161. The first-order valence-electron chi connectivity index (χ1n) is 8.52. The predicted octanol–water partition coefficient (Wildman–Crippen LogP) is 3.39. The van der Waals surface area contributed by atoms with Crippen LogP contribution in [0.3, 0.4) is 0 Å². The molecule has 5 heteroatoms. The van der Waals surface area contributed by atoms with Gasteiger partial charge in [-0.25, -0.2) is 9.67 Å². The number of rotatable bonds is 5. The van der Waals surface area contributed by atoms with Crippen molar-refractivity contribution < 1.29 is 4.79 Å². The highest BCUT2D eigenvalue weighted by Gasteiger charge is 2.08. The number of para-hydroxylation sites is 2. The summed E-state index contributed by atoms with van der Waals surface area (Å²) in [4.78, 5) is 16.7. The summed E-state index contributed by atoms with van der Waals surface area (Å²) >= 11 is 0. The summed E-state index contributed by atoms with van der Waals surface area (Å²) in [6.07, 6.45) is 4.52. The Morgan fingerprint density at radius 3 is 2.65 bits per heavy atom. The Morgan fingerprint density at radius 2 is 1.77 bits per heavy atom. The third-order valence-corrected chi connectivity index (χ3v) is 4.19. The number of hydrogen-bond acceptors (Lipinski definition) is 3. The zero-order chi connectivity index (χ0) is 17.8. The molecule has 0 fully saturated rings. The van der Waals surface area contributed by atoms with Crippen LogP contribution in [-0.2, 0) is 6.42 Å². The van der Waals surface area contributed by atoms with Gasteiger partial charge in [0.25, 0.3) is 5.91 Å². The van der Waals surface area contributed by atoms with E-state index in [0.717, 1.165) is 22.2 Å². The summed E-state index contributed by atoms with van der Waals surface area (Å²) in [6, 6.07) is 21.4. The molecule has 0 aliphatic rings. The fourth-order valence-electron chi connectivity index (χ4n) is 2.81. The Morgan fingerprint density at radius 1 is 0.962 bits per heavy atom. The molecule has 0 saturated heterocycles. The summed E-state index contributed by atoms with van der Waals surface area (Å²) in [5, 5.41) is 8.32. The molecule has 0 spiro atoms. The van der Waals surface area contributed by atoms with E-state index >= 15 is 0 Å². The molecule has 0 aliphatic carbocycles. The first-order valence-corrected chi connectivity index (χ1v) is 8.52. The molecule has 4 aromatic rings. The number of carbonyl (C=O) groups is 1. The molecule has 0 atom stereocenters. The van der Waals surface area contributed by atoms with Crippen LogP contribution in [0.5, 0.6) is 0 Å². The zero-order valence-corrected chi connectivity index (χ0v) is 14.2. The number of hydrogen-bond donors (Lipinski definition) is 1. The maximum absolute atomic E-state index is 12.3. The van der Waals surface area contributed by atoms with Gasteiger partial charge in [0, 0.05) is 18.1 Å². The van der Waals surface area contributed by atoms with Crippen molar-refractivity contribution in [2.45, 2.75) is 6.42 Å². The van der Waals surface area contributed by atoms with E-state index in [1.807, 2.05) is 77.7 Å². The van der Waals surface area contributed by atoms with E-state index in [4.69, 9.17) is 0 Å². The summed E-state index contributed by atoms with van der Waals surface area (Å²) in [5.41, 5.74) is 3.34. The molecule has 0 aliphatic heterocycles. The van der Waals surface area contributed by atoms with E-state index < -0.39 is 0 Å². The maximum Gasteiger partial charge on any atom is 0.269 e. The lowest BCUT2D eigenvalue weighted by Crippen LogP contribution is -2.26. The van der Waals surface area contributed by atoms with Gasteiger partial charge in [-0.3, -0.25) is 4.79 Å². The standard InChI is InChI=1S/C21H18N4O/c26-21(20-11-10-17-6-4-5-9-19(17)24-20)22-13-12-16-14-23-25(15-16)18-7-2-1-3-8-18/h1-11,14-15H,12-13H2,(H,22,26). The fourth-order valence-corrected chi connectivity index (χ4v) is 2.81. The van der Waals surface area contributed by atoms with E-state index in [0.29, 0.717) is 18.7 Å². The highest BCUT2D eigenvalue weighted by atomic mass is 16.1. The van der Waals surface area contributed by atoms with Crippen LogP contribution in [0.15, 0.2) is 79.1 Å². The number of amides is 1. The van der Waals surface area contributed by atoms with Gasteiger partial charge in [0.1, 0.15) is 5.69 Å². The van der Waals surface area contributed by atoms with E-state index in [1.54, 1.807) is 6.07 Å². The van der Waals surface area contributed by atoms with Crippen molar-refractivity contribution >= 4 is 16.8 Å². The van der Waals surface area contributed by atoms with Crippen molar-refractivity contribution in [2.75, 3.05) is 6.54 Å². The Labute approximate surface area is 151 Å². The van der Waals surface area contributed by atoms with Crippen LogP contribution in [0.2, 0.25) is 0 Å². The lowest BCUT2D eigenvalue weighted by atomic mass is 10.2. The second-order valence-corrected chi connectivity index (χ2v) is 6.02. The predicted molar refractivity (Wildman–Crippen MR) is 101 cm³/mol. The third-order valence-electron chi connectivity index (χ3n) is 4.19. The SMILES string of the molecule is O=C(NCCc1cnn(-c2ccccc2)c1)c1ccc2ccccc2n1. The molecule has 0 radical (unpaired) electrons. The van der Waals surface area contributed by atoms with Gasteiger partial charge >= 0.3 is 0 Å². The van der Waals surface area contributed by atoms with Crippen LogP contribution in [0, 0.1) is 0 Å². The minimum absolute atomic E-state index is 0.161. The average Bonchev–Trinajstić information content (AvgIpc) is 3.17. The van der Waals surface area contributed by atoms with Gasteiger partial charge in [-0.2, -0.15) is 5.10 Å². The molecule has 26 heavy (non-hydrogen) atoms. The lowest BCUT2D eigenvalue weighted by Gasteiger charge is -2.05. The molecule has 5 nitrogen and oxygen atoms in total. The molecule has 2 aromatic heterocycles. The van der Waals surface area contributed by atoms with Gasteiger partial charge in [-0.05, 0) is 36.2 Å². The van der Waals surface area contributed by atoms with E-state index in [1.165, 1.54) is 0 Å². The molecular formula is C21H18N4O. The number of fused-ring (bicyclic) bond motifs is 1. The van der Waals surface area contributed by atoms with Gasteiger partial charge in [0.15, 0.2) is 0 Å². The molecule has 0 saturated carbocycles. The van der Waals surface area contributed by atoms with Crippen LogP contribution in [0.25, 0.3) is 16.6 Å². The van der Waals surface area contributed by atoms with Crippen LogP contribution in [0.4, 0.5) is 0 Å². The van der Waals surface area contributed by atoms with Crippen LogP contribution in [0.1, 0.15) is 16.1 Å².